The van der Waals surface area contributed by atoms with Crippen molar-refractivity contribution in [1.29, 1.82) is 0 Å². The fourth-order valence-corrected chi connectivity index (χ4v) is 1.73. The number of aryl methyl sites for hydroxylation is 1. The van der Waals surface area contributed by atoms with Crippen LogP contribution in [0.4, 0.5) is 0 Å². The first-order chi connectivity index (χ1) is 6.75. The van der Waals surface area contributed by atoms with E-state index in [0.29, 0.717) is 6.42 Å². The molecule has 74 valence electrons. The first-order valence-electron chi connectivity index (χ1n) is 4.68. The van der Waals surface area contributed by atoms with Crippen molar-refractivity contribution in [1.82, 2.24) is 0 Å². The van der Waals surface area contributed by atoms with Gasteiger partial charge >= 0.3 is 0 Å². The van der Waals surface area contributed by atoms with Gasteiger partial charge in [-0.15, -0.1) is 0 Å². The summed E-state index contributed by atoms with van der Waals surface area (Å²) in [6, 6.07) is 6.06. The fraction of sp³-hybridized carbons (Fsp3) is 0.364. The average Bonchev–Trinajstić information content (AvgIpc) is 2.61. The van der Waals surface area contributed by atoms with Crippen LogP contribution in [0.15, 0.2) is 18.2 Å². The summed E-state index contributed by atoms with van der Waals surface area (Å²) in [6.07, 6.45) is 2.09. The second-order valence-corrected chi connectivity index (χ2v) is 3.82. The van der Waals surface area contributed by atoms with Crippen molar-refractivity contribution in [3.63, 3.8) is 0 Å². The number of fused-ring (bicyclic) bond motifs is 1. The second kappa shape index (κ2) is 4.01. The molecule has 0 bridgehead atoms. The summed E-state index contributed by atoms with van der Waals surface area (Å²) >= 11 is 5.28. The predicted molar refractivity (Wildman–Crippen MR) is 54.8 cm³/mol. The van der Waals surface area contributed by atoms with E-state index in [1.165, 1.54) is 5.56 Å². The minimum absolute atomic E-state index is 0.276. The van der Waals surface area contributed by atoms with Crippen LogP contribution in [-0.2, 0) is 17.6 Å². The van der Waals surface area contributed by atoms with Gasteiger partial charge in [-0.1, -0.05) is 12.1 Å². The summed E-state index contributed by atoms with van der Waals surface area (Å²) in [4.78, 5) is 10.6. The van der Waals surface area contributed by atoms with Gasteiger partial charge in [-0.2, -0.15) is 0 Å². The molecule has 14 heavy (non-hydrogen) atoms. The van der Waals surface area contributed by atoms with Gasteiger partial charge in [-0.3, -0.25) is 4.79 Å². The molecule has 0 radical (unpaired) electrons. The van der Waals surface area contributed by atoms with Crippen LogP contribution in [-0.4, -0.2) is 11.8 Å². The first-order valence-corrected chi connectivity index (χ1v) is 5.06. The number of hydrogen-bond donors (Lipinski definition) is 0. The number of carbonyl (C=O) groups is 1. The fourth-order valence-electron chi connectivity index (χ4n) is 1.64. The lowest BCUT2D eigenvalue weighted by Crippen LogP contribution is -1.92. The highest BCUT2D eigenvalue weighted by Gasteiger charge is 2.11. The molecule has 1 aliphatic heterocycles. The van der Waals surface area contributed by atoms with Gasteiger partial charge in [-0.05, 0) is 35.2 Å². The van der Waals surface area contributed by atoms with E-state index >= 15 is 0 Å². The zero-order chi connectivity index (χ0) is 9.97. The smallest absolute Gasteiger partial charge is 0.221 e. The Labute approximate surface area is 87.8 Å². The van der Waals surface area contributed by atoms with E-state index < -0.39 is 0 Å². The standard InChI is InChI=1S/C11H11ClO2/c12-11(13)4-2-8-1-3-10-9(7-8)5-6-14-10/h1,3,7H,2,4-6H2. The zero-order valence-corrected chi connectivity index (χ0v) is 8.51. The lowest BCUT2D eigenvalue weighted by molar-refractivity contribution is -0.111. The molecule has 0 aliphatic carbocycles. The Balaban J connectivity index is 2.09. The van der Waals surface area contributed by atoms with E-state index in [0.717, 1.165) is 30.8 Å². The van der Waals surface area contributed by atoms with Crippen LogP contribution in [0, 0.1) is 0 Å². The minimum atomic E-state index is -0.276. The van der Waals surface area contributed by atoms with Gasteiger partial charge < -0.3 is 4.74 Å². The normalized spacial score (nSPS) is 13.5. The monoisotopic (exact) mass is 210 g/mol. The van der Waals surface area contributed by atoms with Gasteiger partial charge in [0.2, 0.25) is 5.24 Å². The van der Waals surface area contributed by atoms with Crippen molar-refractivity contribution in [2.45, 2.75) is 19.3 Å². The summed E-state index contributed by atoms with van der Waals surface area (Å²) in [5, 5.41) is -0.276. The quantitative estimate of drug-likeness (QED) is 0.716. The molecule has 0 saturated heterocycles. The zero-order valence-electron chi connectivity index (χ0n) is 7.75. The molecule has 1 aromatic carbocycles. The minimum Gasteiger partial charge on any atom is -0.493 e. The maximum Gasteiger partial charge on any atom is 0.221 e. The van der Waals surface area contributed by atoms with E-state index in [-0.39, 0.29) is 5.24 Å². The molecule has 0 spiro atoms. The highest BCUT2D eigenvalue weighted by atomic mass is 35.5. The van der Waals surface area contributed by atoms with Gasteiger partial charge in [-0.25, -0.2) is 0 Å². The molecule has 0 saturated carbocycles. The van der Waals surface area contributed by atoms with Gasteiger partial charge in [0.1, 0.15) is 5.75 Å². The van der Waals surface area contributed by atoms with Crippen molar-refractivity contribution >= 4 is 16.8 Å². The highest BCUT2D eigenvalue weighted by molar-refractivity contribution is 6.63. The van der Waals surface area contributed by atoms with Crippen molar-refractivity contribution < 1.29 is 9.53 Å². The van der Waals surface area contributed by atoms with Crippen LogP contribution < -0.4 is 4.74 Å². The van der Waals surface area contributed by atoms with E-state index in [1.807, 2.05) is 12.1 Å². The van der Waals surface area contributed by atoms with Gasteiger partial charge in [0.25, 0.3) is 0 Å². The summed E-state index contributed by atoms with van der Waals surface area (Å²) in [5.41, 5.74) is 2.40. The molecule has 0 aromatic heterocycles. The van der Waals surface area contributed by atoms with Gasteiger partial charge in [0, 0.05) is 12.8 Å². The Morgan fingerprint density at radius 1 is 1.50 bits per heavy atom. The van der Waals surface area contributed by atoms with Crippen LogP contribution >= 0.6 is 11.6 Å². The van der Waals surface area contributed by atoms with Crippen LogP contribution in [0.25, 0.3) is 0 Å². The molecule has 0 atom stereocenters. The summed E-state index contributed by atoms with van der Waals surface area (Å²) < 4.78 is 5.39. The number of hydrogen-bond acceptors (Lipinski definition) is 2. The molecule has 0 amide bonds. The van der Waals surface area contributed by atoms with E-state index in [4.69, 9.17) is 16.3 Å². The lowest BCUT2D eigenvalue weighted by Gasteiger charge is -2.02. The molecule has 1 aromatic rings. The van der Waals surface area contributed by atoms with Crippen molar-refractivity contribution in [3.8, 4) is 5.75 Å². The molecule has 0 N–H and O–H groups in total. The first kappa shape index (κ1) is 9.53. The Hall–Kier alpha value is -1.02. The number of benzene rings is 1. The van der Waals surface area contributed by atoms with Crippen molar-refractivity contribution in [2.24, 2.45) is 0 Å². The van der Waals surface area contributed by atoms with Gasteiger partial charge in [0.05, 0.1) is 6.61 Å². The molecule has 2 nitrogen and oxygen atoms in total. The molecular weight excluding hydrogens is 200 g/mol. The largest absolute Gasteiger partial charge is 0.493 e. The Bertz CT molecular complexity index is 360. The molecule has 1 heterocycles. The Morgan fingerprint density at radius 2 is 2.36 bits per heavy atom. The van der Waals surface area contributed by atoms with Crippen LogP contribution in [0.3, 0.4) is 0 Å². The van der Waals surface area contributed by atoms with Crippen molar-refractivity contribution in [2.75, 3.05) is 6.61 Å². The maximum absolute atomic E-state index is 10.6. The van der Waals surface area contributed by atoms with Crippen LogP contribution in [0.2, 0.25) is 0 Å². The van der Waals surface area contributed by atoms with Crippen LogP contribution in [0.5, 0.6) is 5.75 Å². The summed E-state index contributed by atoms with van der Waals surface area (Å²) in [6.45, 7) is 0.771. The van der Waals surface area contributed by atoms with E-state index in [1.54, 1.807) is 0 Å². The Morgan fingerprint density at radius 3 is 3.14 bits per heavy atom. The highest BCUT2D eigenvalue weighted by Crippen LogP contribution is 2.26. The second-order valence-electron chi connectivity index (χ2n) is 3.40. The number of rotatable bonds is 3. The number of carbonyl (C=O) groups excluding carboxylic acids is 1. The molecule has 2 rings (SSSR count). The summed E-state index contributed by atoms with van der Waals surface area (Å²) in [5.74, 6) is 0.978. The third kappa shape index (κ3) is 2.07. The van der Waals surface area contributed by atoms with E-state index in [2.05, 4.69) is 6.07 Å². The van der Waals surface area contributed by atoms with Crippen LogP contribution in [0.1, 0.15) is 17.5 Å². The number of halogens is 1. The van der Waals surface area contributed by atoms with Gasteiger partial charge in [0.15, 0.2) is 0 Å². The molecule has 0 fully saturated rings. The molecule has 3 heteroatoms. The lowest BCUT2D eigenvalue weighted by atomic mass is 10.1. The summed E-state index contributed by atoms with van der Waals surface area (Å²) in [7, 11) is 0. The molecule has 0 unspecified atom stereocenters. The maximum atomic E-state index is 10.6. The van der Waals surface area contributed by atoms with Crippen molar-refractivity contribution in [3.05, 3.63) is 29.3 Å². The molecular formula is C11H11ClO2. The Kier molecular flexibility index (Phi) is 2.73. The molecule has 1 aliphatic rings. The number of ether oxygens (including phenoxy) is 1. The third-order valence-electron chi connectivity index (χ3n) is 2.36. The topological polar surface area (TPSA) is 26.3 Å². The predicted octanol–water partition coefficient (Wildman–Crippen LogP) is 2.32. The SMILES string of the molecule is O=C(Cl)CCc1ccc2c(c1)CCO2. The third-order valence-corrected chi connectivity index (χ3v) is 2.55. The average molecular weight is 211 g/mol. The van der Waals surface area contributed by atoms with E-state index in [9.17, 15) is 4.79 Å².